The molecule has 1 amide bonds. The summed E-state index contributed by atoms with van der Waals surface area (Å²) in [6.07, 6.45) is 0.0932. The van der Waals surface area contributed by atoms with Crippen molar-refractivity contribution in [3.63, 3.8) is 0 Å². The van der Waals surface area contributed by atoms with Crippen molar-refractivity contribution in [2.24, 2.45) is 0 Å². The number of nitrogens with one attached hydrogen (secondary N) is 1. The zero-order chi connectivity index (χ0) is 20.7. The van der Waals surface area contributed by atoms with Crippen LogP contribution < -0.4 is 14.8 Å². The summed E-state index contributed by atoms with van der Waals surface area (Å²) in [6, 6.07) is 14.0. The van der Waals surface area contributed by atoms with Crippen LogP contribution in [0.4, 0.5) is 0 Å². The van der Waals surface area contributed by atoms with Crippen molar-refractivity contribution in [2.75, 3.05) is 13.2 Å². The van der Waals surface area contributed by atoms with Gasteiger partial charge in [0, 0.05) is 0 Å². The molecule has 0 fully saturated rings. The van der Waals surface area contributed by atoms with Crippen LogP contribution in [0.2, 0.25) is 0 Å². The second-order valence-corrected chi connectivity index (χ2v) is 8.17. The van der Waals surface area contributed by atoms with E-state index in [1.54, 1.807) is 0 Å². The Labute approximate surface area is 169 Å². The number of carbonyl (C=O) groups excluding carboxylic acids is 1. The molecule has 2 rings (SSSR count). The lowest BCUT2D eigenvalue weighted by molar-refractivity contribution is -0.128. The van der Waals surface area contributed by atoms with Gasteiger partial charge < -0.3 is 14.8 Å². The highest BCUT2D eigenvalue weighted by molar-refractivity contribution is 5.81. The van der Waals surface area contributed by atoms with Crippen LogP contribution >= 0.6 is 0 Å². The molecule has 28 heavy (non-hydrogen) atoms. The first-order chi connectivity index (χ1) is 13.2. The predicted molar refractivity (Wildman–Crippen MR) is 114 cm³/mol. The Kier molecular flexibility index (Phi) is 7.50. The summed E-state index contributed by atoms with van der Waals surface area (Å²) in [4.78, 5) is 12.5. The minimum atomic E-state index is -0.511. The fourth-order valence-electron chi connectivity index (χ4n) is 3.07. The number of aryl methyl sites for hydroxylation is 2. The van der Waals surface area contributed by atoms with E-state index in [1.807, 2.05) is 51.1 Å². The lowest BCUT2D eigenvalue weighted by atomic mass is 9.86. The van der Waals surface area contributed by atoms with Gasteiger partial charge in [0.05, 0.1) is 6.54 Å². The Hall–Kier alpha value is -2.49. The fraction of sp³-hybridized carbons (Fsp3) is 0.458. The summed E-state index contributed by atoms with van der Waals surface area (Å²) in [5.41, 5.74) is 3.38. The van der Waals surface area contributed by atoms with Gasteiger partial charge in [-0.3, -0.25) is 4.79 Å². The molecule has 152 valence electrons. The average molecular weight is 384 g/mol. The number of rotatable bonds is 8. The summed E-state index contributed by atoms with van der Waals surface area (Å²) < 4.78 is 11.9. The van der Waals surface area contributed by atoms with Gasteiger partial charge in [0.25, 0.3) is 5.91 Å². The normalized spacial score (nSPS) is 12.4. The maximum atomic E-state index is 12.5. The molecule has 0 aliphatic rings. The highest BCUT2D eigenvalue weighted by atomic mass is 16.5. The van der Waals surface area contributed by atoms with Crippen LogP contribution in [-0.4, -0.2) is 25.2 Å². The Morgan fingerprint density at radius 2 is 1.79 bits per heavy atom. The molecule has 0 unspecified atom stereocenters. The molecule has 1 N–H and O–H groups in total. The van der Waals surface area contributed by atoms with Crippen molar-refractivity contribution < 1.29 is 14.3 Å². The maximum absolute atomic E-state index is 12.5. The average Bonchev–Trinajstić information content (AvgIpc) is 2.64. The molecule has 0 aromatic heterocycles. The first kappa shape index (κ1) is 21.8. The molecule has 0 heterocycles. The predicted octanol–water partition coefficient (Wildman–Crippen LogP) is 4.95. The number of amides is 1. The van der Waals surface area contributed by atoms with Crippen LogP contribution in [0, 0.1) is 13.8 Å². The number of carbonyl (C=O) groups is 1. The van der Waals surface area contributed by atoms with E-state index in [9.17, 15) is 4.79 Å². The van der Waals surface area contributed by atoms with Crippen molar-refractivity contribution in [1.82, 2.24) is 5.32 Å². The van der Waals surface area contributed by atoms with Crippen molar-refractivity contribution >= 4 is 5.91 Å². The van der Waals surface area contributed by atoms with Gasteiger partial charge in [-0.25, -0.2) is 0 Å². The first-order valence-electron chi connectivity index (χ1n) is 9.96. The van der Waals surface area contributed by atoms with Gasteiger partial charge in [-0.15, -0.1) is 0 Å². The second kappa shape index (κ2) is 9.63. The molecule has 2 aromatic rings. The highest BCUT2D eigenvalue weighted by Gasteiger charge is 2.20. The third-order valence-corrected chi connectivity index (χ3v) is 4.62. The van der Waals surface area contributed by atoms with Crippen LogP contribution in [0.25, 0.3) is 0 Å². The largest absolute Gasteiger partial charge is 0.491 e. The zero-order valence-corrected chi connectivity index (χ0v) is 18.0. The van der Waals surface area contributed by atoms with Crippen molar-refractivity contribution in [3.05, 3.63) is 59.2 Å². The Morgan fingerprint density at radius 3 is 2.43 bits per heavy atom. The molecule has 4 heteroatoms. The molecule has 2 aromatic carbocycles. The lowest BCUT2D eigenvalue weighted by Crippen LogP contribution is -2.40. The number of hydrogen-bond acceptors (Lipinski definition) is 3. The molecule has 0 spiro atoms. The number of ether oxygens (including phenoxy) is 2. The smallest absolute Gasteiger partial charge is 0.261 e. The van der Waals surface area contributed by atoms with Crippen molar-refractivity contribution in [1.29, 1.82) is 0 Å². The van der Waals surface area contributed by atoms with E-state index in [0.717, 1.165) is 22.6 Å². The van der Waals surface area contributed by atoms with E-state index < -0.39 is 6.10 Å². The minimum Gasteiger partial charge on any atom is -0.491 e. The van der Waals surface area contributed by atoms with E-state index in [2.05, 4.69) is 38.2 Å². The molecular weight excluding hydrogens is 350 g/mol. The monoisotopic (exact) mass is 383 g/mol. The maximum Gasteiger partial charge on any atom is 0.261 e. The minimum absolute atomic E-state index is 0.00683. The van der Waals surface area contributed by atoms with Crippen LogP contribution in [0.5, 0.6) is 11.5 Å². The van der Waals surface area contributed by atoms with Gasteiger partial charge in [0.1, 0.15) is 18.1 Å². The van der Waals surface area contributed by atoms with Crippen LogP contribution in [-0.2, 0) is 10.2 Å². The number of benzene rings is 2. The molecule has 0 saturated heterocycles. The van der Waals surface area contributed by atoms with Crippen molar-refractivity contribution in [3.8, 4) is 11.5 Å². The van der Waals surface area contributed by atoms with E-state index >= 15 is 0 Å². The molecule has 0 radical (unpaired) electrons. The molecule has 0 aliphatic heterocycles. The Bertz CT molecular complexity index is 793. The number of hydrogen-bond donors (Lipinski definition) is 1. The first-order valence-corrected chi connectivity index (χ1v) is 9.96. The molecule has 4 nitrogen and oxygen atoms in total. The highest BCUT2D eigenvalue weighted by Crippen LogP contribution is 2.30. The molecular formula is C24H33NO3. The molecule has 0 saturated carbocycles. The zero-order valence-electron chi connectivity index (χ0n) is 18.0. The van der Waals surface area contributed by atoms with Gasteiger partial charge in [-0.2, -0.15) is 0 Å². The second-order valence-electron chi connectivity index (χ2n) is 8.17. The Morgan fingerprint density at radius 1 is 1.07 bits per heavy atom. The van der Waals surface area contributed by atoms with Gasteiger partial charge in [0.2, 0.25) is 0 Å². The summed E-state index contributed by atoms with van der Waals surface area (Å²) in [5.74, 6) is 1.50. The Balaban J connectivity index is 1.88. The van der Waals surface area contributed by atoms with Crippen LogP contribution in [0.1, 0.15) is 50.8 Å². The standard InChI is InChI=1S/C24H33NO3/c1-7-20(28-21-13-12-17(2)16-18(21)3)23(26)25-14-15-27-22-11-9-8-10-19(22)24(4,5)6/h8-13,16,20H,7,14-15H2,1-6H3,(H,25,26)/t20-/m0/s1. The molecule has 1 atom stereocenters. The fourth-order valence-corrected chi connectivity index (χ4v) is 3.07. The van der Waals surface area contributed by atoms with Crippen LogP contribution in [0.15, 0.2) is 42.5 Å². The summed E-state index contributed by atoms with van der Waals surface area (Å²) in [7, 11) is 0. The van der Waals surface area contributed by atoms with Gasteiger partial charge in [0.15, 0.2) is 6.10 Å². The third kappa shape index (κ3) is 6.01. The van der Waals surface area contributed by atoms with Gasteiger partial charge >= 0.3 is 0 Å². The summed E-state index contributed by atoms with van der Waals surface area (Å²) in [6.45, 7) is 13.3. The number of para-hydroxylation sites is 1. The van der Waals surface area contributed by atoms with Gasteiger partial charge in [-0.05, 0) is 48.9 Å². The third-order valence-electron chi connectivity index (χ3n) is 4.62. The lowest BCUT2D eigenvalue weighted by Gasteiger charge is -2.23. The van der Waals surface area contributed by atoms with Crippen LogP contribution in [0.3, 0.4) is 0 Å². The SMILES string of the molecule is CC[C@H](Oc1ccc(C)cc1C)C(=O)NCCOc1ccccc1C(C)(C)C. The van der Waals surface area contributed by atoms with E-state index in [1.165, 1.54) is 5.56 Å². The van der Waals surface area contributed by atoms with E-state index in [-0.39, 0.29) is 11.3 Å². The van der Waals surface area contributed by atoms with Gasteiger partial charge in [-0.1, -0.05) is 63.6 Å². The topological polar surface area (TPSA) is 47.6 Å². The molecule has 0 aliphatic carbocycles. The quantitative estimate of drug-likeness (QED) is 0.656. The van der Waals surface area contributed by atoms with Crippen molar-refractivity contribution in [2.45, 2.75) is 59.5 Å². The molecule has 0 bridgehead atoms. The summed E-state index contributed by atoms with van der Waals surface area (Å²) >= 11 is 0. The summed E-state index contributed by atoms with van der Waals surface area (Å²) in [5, 5.41) is 2.92. The van der Waals surface area contributed by atoms with E-state index in [4.69, 9.17) is 9.47 Å². The van der Waals surface area contributed by atoms with E-state index in [0.29, 0.717) is 19.6 Å².